The van der Waals surface area contributed by atoms with E-state index in [2.05, 4.69) is 4.98 Å². The van der Waals surface area contributed by atoms with E-state index in [0.29, 0.717) is 12.3 Å². The molecule has 1 amide bonds. The third kappa shape index (κ3) is 2.24. The molecule has 1 aromatic heterocycles. The van der Waals surface area contributed by atoms with Gasteiger partial charge in [0.1, 0.15) is 11.4 Å². The molecule has 1 heterocycles. The molecular weight excluding hydrogens is 194 g/mol. The molecule has 0 atom stereocenters. The average Bonchev–Trinajstić information content (AvgIpc) is 3.01. The van der Waals surface area contributed by atoms with E-state index in [-0.39, 0.29) is 11.8 Å². The first-order valence-electron chi connectivity index (χ1n) is 4.86. The van der Waals surface area contributed by atoms with Gasteiger partial charge in [0.15, 0.2) is 0 Å². The number of aromatic nitrogens is 1. The smallest absolute Gasteiger partial charge is 0.267 e. The Bertz CT molecular complexity index is 388. The van der Waals surface area contributed by atoms with Crippen molar-refractivity contribution >= 4 is 5.91 Å². The second-order valence-corrected chi connectivity index (χ2v) is 3.56. The summed E-state index contributed by atoms with van der Waals surface area (Å²) in [5, 5.41) is 0. The van der Waals surface area contributed by atoms with Crippen molar-refractivity contribution in [1.82, 2.24) is 4.98 Å². The van der Waals surface area contributed by atoms with Gasteiger partial charge in [0.25, 0.3) is 5.91 Å². The second-order valence-electron chi connectivity index (χ2n) is 3.56. The lowest BCUT2D eigenvalue weighted by molar-refractivity contribution is 0.0995. The van der Waals surface area contributed by atoms with Gasteiger partial charge < -0.3 is 16.2 Å². The minimum absolute atomic E-state index is 0.211. The zero-order chi connectivity index (χ0) is 10.8. The Morgan fingerprint density at radius 2 is 2.33 bits per heavy atom. The number of nitrogens with zero attached hydrogens (tertiary/aromatic N) is 1. The zero-order valence-electron chi connectivity index (χ0n) is 8.27. The first-order valence-corrected chi connectivity index (χ1v) is 4.86. The van der Waals surface area contributed by atoms with E-state index < -0.39 is 5.91 Å². The molecule has 0 spiro atoms. The molecule has 1 aromatic rings. The van der Waals surface area contributed by atoms with Crippen molar-refractivity contribution in [1.29, 1.82) is 0 Å². The number of carbonyl (C=O) groups excluding carboxylic acids is 1. The summed E-state index contributed by atoms with van der Waals surface area (Å²) >= 11 is 0. The molecule has 15 heavy (non-hydrogen) atoms. The molecule has 1 aliphatic carbocycles. The summed E-state index contributed by atoms with van der Waals surface area (Å²) in [6.45, 7) is 0.341. The number of hydrogen-bond acceptors (Lipinski definition) is 4. The molecule has 0 radical (unpaired) electrons. The van der Waals surface area contributed by atoms with Gasteiger partial charge >= 0.3 is 0 Å². The highest BCUT2D eigenvalue weighted by molar-refractivity contribution is 5.91. The van der Waals surface area contributed by atoms with Gasteiger partial charge in [-0.1, -0.05) is 0 Å². The van der Waals surface area contributed by atoms with Gasteiger partial charge in [-0.05, 0) is 12.8 Å². The third-order valence-corrected chi connectivity index (χ3v) is 2.23. The van der Waals surface area contributed by atoms with E-state index in [1.54, 1.807) is 6.07 Å². The molecule has 0 unspecified atom stereocenters. The number of nitrogens with two attached hydrogens (primary N) is 2. The zero-order valence-corrected chi connectivity index (χ0v) is 8.27. The van der Waals surface area contributed by atoms with Crippen LogP contribution in [0, 0.1) is 0 Å². The number of rotatable bonds is 4. The fraction of sp³-hybridized carbons (Fsp3) is 0.400. The molecule has 1 saturated carbocycles. The van der Waals surface area contributed by atoms with Crippen LogP contribution in [0.25, 0.3) is 0 Å². The lowest BCUT2D eigenvalue weighted by atomic mass is 10.2. The summed E-state index contributed by atoms with van der Waals surface area (Å²) in [4.78, 5) is 14.8. The van der Waals surface area contributed by atoms with Crippen molar-refractivity contribution in [2.75, 3.05) is 0 Å². The van der Waals surface area contributed by atoms with Crippen LogP contribution in [0.5, 0.6) is 5.75 Å². The van der Waals surface area contributed by atoms with Gasteiger partial charge in [0, 0.05) is 24.4 Å². The number of carbonyl (C=O) groups is 1. The summed E-state index contributed by atoms with van der Waals surface area (Å²) in [7, 11) is 0. The van der Waals surface area contributed by atoms with E-state index in [9.17, 15) is 4.79 Å². The van der Waals surface area contributed by atoms with Crippen LogP contribution in [-0.4, -0.2) is 17.0 Å². The van der Waals surface area contributed by atoms with Crippen LogP contribution in [0.3, 0.4) is 0 Å². The van der Waals surface area contributed by atoms with Crippen LogP contribution >= 0.6 is 0 Å². The molecule has 0 bridgehead atoms. The van der Waals surface area contributed by atoms with E-state index in [1.807, 2.05) is 0 Å². The SMILES string of the molecule is NCc1cnc(C(N)=O)cc1OC1CC1. The van der Waals surface area contributed by atoms with Gasteiger partial charge in [-0.3, -0.25) is 9.78 Å². The van der Waals surface area contributed by atoms with Gasteiger partial charge in [0.05, 0.1) is 6.10 Å². The Morgan fingerprint density at radius 3 is 2.87 bits per heavy atom. The number of primary amides is 1. The fourth-order valence-electron chi connectivity index (χ4n) is 1.23. The highest BCUT2D eigenvalue weighted by Crippen LogP contribution is 2.29. The van der Waals surface area contributed by atoms with Gasteiger partial charge in [0.2, 0.25) is 0 Å². The van der Waals surface area contributed by atoms with Crippen molar-refractivity contribution in [3.8, 4) is 5.75 Å². The molecular formula is C10H13N3O2. The Kier molecular flexibility index (Phi) is 2.55. The predicted octanol–water partition coefficient (Wildman–Crippen LogP) is 0.180. The largest absolute Gasteiger partial charge is 0.490 e. The molecule has 5 heteroatoms. The van der Waals surface area contributed by atoms with Crippen molar-refractivity contribution in [3.05, 3.63) is 23.5 Å². The summed E-state index contributed by atoms with van der Waals surface area (Å²) in [5.74, 6) is 0.0722. The molecule has 0 saturated heterocycles. The Hall–Kier alpha value is -1.62. The maximum absolute atomic E-state index is 10.9. The molecule has 0 aliphatic heterocycles. The topological polar surface area (TPSA) is 91.2 Å². The first-order chi connectivity index (χ1) is 7.20. The van der Waals surface area contributed by atoms with Crippen LogP contribution in [0.15, 0.2) is 12.3 Å². The number of pyridine rings is 1. The van der Waals surface area contributed by atoms with Crippen LogP contribution in [0.4, 0.5) is 0 Å². The minimum Gasteiger partial charge on any atom is -0.490 e. The standard InChI is InChI=1S/C10H13N3O2/c11-4-6-5-13-8(10(12)14)3-9(6)15-7-1-2-7/h3,5,7H,1-2,4,11H2,(H2,12,14). The van der Waals surface area contributed by atoms with Crippen LogP contribution < -0.4 is 16.2 Å². The maximum atomic E-state index is 10.9. The van der Waals surface area contributed by atoms with E-state index >= 15 is 0 Å². The van der Waals surface area contributed by atoms with Gasteiger partial charge in [-0.15, -0.1) is 0 Å². The highest BCUT2D eigenvalue weighted by atomic mass is 16.5. The number of amides is 1. The van der Waals surface area contributed by atoms with Crippen molar-refractivity contribution < 1.29 is 9.53 Å². The predicted molar refractivity (Wildman–Crippen MR) is 54.3 cm³/mol. The summed E-state index contributed by atoms with van der Waals surface area (Å²) < 4.78 is 5.61. The summed E-state index contributed by atoms with van der Waals surface area (Å²) in [6.07, 6.45) is 3.91. The van der Waals surface area contributed by atoms with Crippen molar-refractivity contribution in [2.45, 2.75) is 25.5 Å². The van der Waals surface area contributed by atoms with Crippen molar-refractivity contribution in [3.63, 3.8) is 0 Å². The molecule has 1 aliphatic rings. The van der Waals surface area contributed by atoms with E-state index in [1.165, 1.54) is 6.20 Å². The Morgan fingerprint density at radius 1 is 1.60 bits per heavy atom. The molecule has 4 N–H and O–H groups in total. The fourth-order valence-corrected chi connectivity index (χ4v) is 1.23. The lowest BCUT2D eigenvalue weighted by Gasteiger charge is -2.09. The van der Waals surface area contributed by atoms with Crippen LogP contribution in [-0.2, 0) is 6.54 Å². The average molecular weight is 207 g/mol. The quantitative estimate of drug-likeness (QED) is 0.736. The minimum atomic E-state index is -0.556. The third-order valence-electron chi connectivity index (χ3n) is 2.23. The molecule has 80 valence electrons. The number of ether oxygens (including phenoxy) is 1. The molecule has 0 aromatic carbocycles. The van der Waals surface area contributed by atoms with E-state index in [4.69, 9.17) is 16.2 Å². The summed E-state index contributed by atoms with van der Waals surface area (Å²) in [5.41, 5.74) is 11.7. The Labute approximate surface area is 87.4 Å². The van der Waals surface area contributed by atoms with E-state index in [0.717, 1.165) is 18.4 Å². The normalized spacial score (nSPS) is 15.0. The van der Waals surface area contributed by atoms with Gasteiger partial charge in [-0.25, -0.2) is 0 Å². The molecule has 5 nitrogen and oxygen atoms in total. The monoisotopic (exact) mass is 207 g/mol. The Balaban J connectivity index is 2.28. The first kappa shape index (κ1) is 9.92. The number of hydrogen-bond donors (Lipinski definition) is 2. The van der Waals surface area contributed by atoms with Gasteiger partial charge in [-0.2, -0.15) is 0 Å². The summed E-state index contributed by atoms with van der Waals surface area (Å²) in [6, 6.07) is 1.56. The lowest BCUT2D eigenvalue weighted by Crippen LogP contribution is -2.14. The second kappa shape index (κ2) is 3.86. The highest BCUT2D eigenvalue weighted by Gasteiger charge is 2.24. The molecule has 2 rings (SSSR count). The molecule has 1 fully saturated rings. The maximum Gasteiger partial charge on any atom is 0.267 e. The van der Waals surface area contributed by atoms with Crippen LogP contribution in [0.1, 0.15) is 28.9 Å². The van der Waals surface area contributed by atoms with Crippen LogP contribution in [0.2, 0.25) is 0 Å². The van der Waals surface area contributed by atoms with Crippen molar-refractivity contribution in [2.24, 2.45) is 11.5 Å².